The second-order valence-corrected chi connectivity index (χ2v) is 14.3. The van der Waals surface area contributed by atoms with Crippen molar-refractivity contribution in [1.82, 2.24) is 39.9 Å². The molecule has 2 bridgehead atoms. The summed E-state index contributed by atoms with van der Waals surface area (Å²) in [7, 11) is 2.10. The van der Waals surface area contributed by atoms with Gasteiger partial charge in [-0.1, -0.05) is 11.3 Å². The Bertz CT molecular complexity index is 1810. The molecule has 1 saturated carbocycles. The number of urea groups is 1. The van der Waals surface area contributed by atoms with E-state index in [2.05, 4.69) is 55.8 Å². The predicted octanol–water partition coefficient (Wildman–Crippen LogP) is 3.16. The molecule has 3 saturated heterocycles. The van der Waals surface area contributed by atoms with Crippen molar-refractivity contribution in [3.05, 3.63) is 42.2 Å². The zero-order chi connectivity index (χ0) is 31.4. The van der Waals surface area contributed by atoms with Crippen LogP contribution in [0.15, 0.2) is 36.7 Å². The summed E-state index contributed by atoms with van der Waals surface area (Å²) in [5.74, 6) is 0.794. The molecule has 4 aromatic heterocycles. The molecular weight excluding hydrogens is 602 g/mol. The Morgan fingerprint density at radius 1 is 1.09 bits per heavy atom. The molecule has 2 N–H and O–H groups in total. The van der Waals surface area contributed by atoms with Crippen LogP contribution in [0.25, 0.3) is 27.5 Å². The molecule has 0 unspecified atom stereocenters. The first kappa shape index (κ1) is 29.1. The van der Waals surface area contributed by atoms with Gasteiger partial charge in [-0.25, -0.2) is 9.31 Å². The molecule has 238 valence electrons. The van der Waals surface area contributed by atoms with Crippen molar-refractivity contribution in [1.29, 1.82) is 5.26 Å². The fourth-order valence-corrected chi connectivity index (χ4v) is 8.13. The number of hydrogen-bond donors (Lipinski definition) is 2. The van der Waals surface area contributed by atoms with Gasteiger partial charge in [0.05, 0.1) is 53.0 Å². The van der Waals surface area contributed by atoms with Gasteiger partial charge in [0.25, 0.3) is 0 Å². The van der Waals surface area contributed by atoms with Crippen molar-refractivity contribution in [3.8, 4) is 28.0 Å². The van der Waals surface area contributed by atoms with E-state index in [9.17, 15) is 10.1 Å². The minimum Gasteiger partial charge on any atom is -0.376 e. The number of rotatable bonds is 6. The number of hydrogen-bond acceptors (Lipinski definition) is 11. The van der Waals surface area contributed by atoms with Gasteiger partial charge in [0.1, 0.15) is 6.07 Å². The topological polar surface area (TPSA) is 140 Å². The molecule has 0 aromatic carbocycles. The molecule has 1 aliphatic carbocycles. The number of piperidine rings is 1. The highest BCUT2D eigenvalue weighted by Gasteiger charge is 2.44. The molecule has 0 radical (unpaired) electrons. The summed E-state index contributed by atoms with van der Waals surface area (Å²) < 4.78 is 7.34. The number of pyridine rings is 1. The van der Waals surface area contributed by atoms with E-state index in [0.717, 1.165) is 90.4 Å². The lowest BCUT2D eigenvalue weighted by Crippen LogP contribution is -2.57. The maximum atomic E-state index is 13.1. The normalized spacial score (nSPS) is 24.1. The third-order valence-electron chi connectivity index (χ3n) is 9.90. The molecule has 3 aliphatic heterocycles. The van der Waals surface area contributed by atoms with E-state index in [1.165, 1.54) is 0 Å². The van der Waals surface area contributed by atoms with Crippen LogP contribution in [0, 0.1) is 23.2 Å². The van der Waals surface area contributed by atoms with Crippen molar-refractivity contribution >= 4 is 33.7 Å². The van der Waals surface area contributed by atoms with Crippen molar-refractivity contribution in [2.75, 3.05) is 69.7 Å². The highest BCUT2D eigenvalue weighted by molar-refractivity contribution is 7.18. The highest BCUT2D eigenvalue weighted by atomic mass is 32.1. The van der Waals surface area contributed by atoms with Crippen molar-refractivity contribution in [3.63, 3.8) is 0 Å². The minimum absolute atomic E-state index is 0.0824. The van der Waals surface area contributed by atoms with E-state index in [1.807, 2.05) is 35.4 Å². The largest absolute Gasteiger partial charge is 0.376 e. The van der Waals surface area contributed by atoms with E-state index >= 15 is 0 Å². The van der Waals surface area contributed by atoms with Gasteiger partial charge >= 0.3 is 6.03 Å². The van der Waals surface area contributed by atoms with Gasteiger partial charge in [0.2, 0.25) is 5.13 Å². The Hall–Kier alpha value is -4.32. The lowest BCUT2D eigenvalue weighted by molar-refractivity contribution is -0.0318. The smallest absolute Gasteiger partial charge is 0.317 e. The van der Waals surface area contributed by atoms with Crippen LogP contribution in [-0.2, 0) is 4.74 Å². The first-order valence-electron chi connectivity index (χ1n) is 15.9. The summed E-state index contributed by atoms with van der Waals surface area (Å²) >= 11 is 1.58. The third-order valence-corrected chi connectivity index (χ3v) is 10.9. The maximum absolute atomic E-state index is 13.1. The van der Waals surface area contributed by atoms with Crippen molar-refractivity contribution in [2.24, 2.45) is 11.8 Å². The number of amides is 2. The Balaban J connectivity index is 1.02. The molecule has 0 spiro atoms. The zero-order valence-electron chi connectivity index (χ0n) is 26.0. The number of nitrogens with zero attached hydrogens (tertiary/aromatic N) is 9. The van der Waals surface area contributed by atoms with Crippen LogP contribution in [0.4, 0.5) is 15.6 Å². The monoisotopic (exact) mass is 639 g/mol. The first-order valence-corrected chi connectivity index (χ1v) is 16.7. The number of carbonyl (C=O) groups is 1. The van der Waals surface area contributed by atoms with Crippen LogP contribution in [0.2, 0.25) is 0 Å². The minimum atomic E-state index is -0.197. The lowest BCUT2D eigenvalue weighted by atomic mass is 9.92. The van der Waals surface area contributed by atoms with Crippen LogP contribution in [0.3, 0.4) is 0 Å². The Morgan fingerprint density at radius 2 is 1.87 bits per heavy atom. The van der Waals surface area contributed by atoms with Crippen LogP contribution < -0.4 is 15.5 Å². The molecular formula is C32H37N11O2S. The maximum Gasteiger partial charge on any atom is 0.317 e. The third kappa shape index (κ3) is 5.32. The van der Waals surface area contributed by atoms with Gasteiger partial charge in [0, 0.05) is 57.2 Å². The number of anilines is 2. The Morgan fingerprint density at radius 3 is 2.59 bits per heavy atom. The van der Waals surface area contributed by atoms with Gasteiger partial charge in [-0.15, -0.1) is 10.2 Å². The molecule has 8 rings (SSSR count). The molecule has 4 fully saturated rings. The highest BCUT2D eigenvalue weighted by Crippen LogP contribution is 2.42. The van der Waals surface area contributed by atoms with Crippen LogP contribution in [0.1, 0.15) is 25.3 Å². The number of aromatic nitrogens is 5. The first-order chi connectivity index (χ1) is 22.4. The van der Waals surface area contributed by atoms with E-state index in [1.54, 1.807) is 22.0 Å². The number of fused-ring (bicyclic) bond motifs is 3. The number of nitrogens with one attached hydrogen (secondary N) is 2. The molecule has 3 atom stereocenters. The second kappa shape index (κ2) is 11.5. The quantitative estimate of drug-likeness (QED) is 0.323. The summed E-state index contributed by atoms with van der Waals surface area (Å²) in [4.78, 5) is 24.5. The fraction of sp³-hybridized carbons (Fsp3) is 0.500. The Labute approximate surface area is 271 Å². The summed E-state index contributed by atoms with van der Waals surface area (Å²) in [5, 5.41) is 31.9. The second-order valence-electron chi connectivity index (χ2n) is 13.4. The van der Waals surface area contributed by atoms with Crippen molar-refractivity contribution in [2.45, 2.75) is 31.3 Å². The number of ether oxygens (including phenoxy) is 1. The van der Waals surface area contributed by atoms with E-state index in [-0.39, 0.29) is 17.6 Å². The molecule has 46 heavy (non-hydrogen) atoms. The SMILES string of the molecule is CN1CCN(C(=O)N[C@@H]2[C@@H]3CC[C@H]2CN(c2nnc(-c4cnc(-c5ccc6cc(C#N)cnn56)cc4NC4(C)COC4)s2)C3)CC1. The lowest BCUT2D eigenvalue weighted by Gasteiger charge is -2.40. The van der Waals surface area contributed by atoms with Gasteiger partial charge in [-0.05, 0) is 62.9 Å². The van der Waals surface area contributed by atoms with Gasteiger partial charge in [-0.2, -0.15) is 10.4 Å². The number of nitriles is 1. The van der Waals surface area contributed by atoms with E-state index < -0.39 is 0 Å². The molecule has 13 nitrogen and oxygen atoms in total. The number of piperazine rings is 1. The van der Waals surface area contributed by atoms with Crippen molar-refractivity contribution < 1.29 is 9.53 Å². The van der Waals surface area contributed by atoms with Gasteiger partial charge in [0.15, 0.2) is 5.01 Å². The predicted molar refractivity (Wildman–Crippen MR) is 175 cm³/mol. The van der Waals surface area contributed by atoms with Gasteiger partial charge in [-0.3, -0.25) is 4.98 Å². The summed E-state index contributed by atoms with van der Waals surface area (Å²) in [6.45, 7) is 8.50. The Kier molecular flexibility index (Phi) is 7.27. The molecule has 2 amide bonds. The van der Waals surface area contributed by atoms with Crippen LogP contribution >= 0.6 is 11.3 Å². The molecule has 7 heterocycles. The molecule has 4 aliphatic rings. The number of carbonyl (C=O) groups excluding carboxylic acids is 1. The summed E-state index contributed by atoms with van der Waals surface area (Å²) in [6.07, 6.45) is 5.65. The van der Waals surface area contributed by atoms with Crippen LogP contribution in [-0.4, -0.2) is 112 Å². The zero-order valence-corrected chi connectivity index (χ0v) is 26.8. The average molecular weight is 640 g/mol. The van der Waals surface area contributed by atoms with Crippen LogP contribution in [0.5, 0.6) is 0 Å². The average Bonchev–Trinajstić information content (AvgIpc) is 3.76. The summed E-state index contributed by atoms with van der Waals surface area (Å²) in [5.41, 5.74) is 4.54. The van der Waals surface area contributed by atoms with E-state index in [4.69, 9.17) is 9.72 Å². The summed E-state index contributed by atoms with van der Waals surface area (Å²) in [6, 6.07) is 10.2. The molecule has 4 aromatic rings. The van der Waals surface area contributed by atoms with E-state index in [0.29, 0.717) is 30.6 Å². The molecule has 14 heteroatoms. The van der Waals surface area contributed by atoms with Gasteiger partial charge < -0.3 is 30.1 Å². The fourth-order valence-electron chi connectivity index (χ4n) is 7.24. The number of likely N-dealkylation sites (N-methyl/N-ethyl adjacent to an activating group) is 1. The standard InChI is InChI=1S/C32H37N11O2S/c1-32(18-45-19-32)37-25-12-26(27-6-5-23-11-20(13-33)14-35-43(23)27)34-15-24(25)29-38-39-31(46-29)42-16-21-3-4-22(17-42)28(21)36-30(44)41-9-7-40(2)8-10-41/h5-6,11-12,14-15,21-22,28H,3-4,7-10,16-19H2,1-2H3,(H,34,37)(H,36,44)/t21-,22+,28-.